The highest BCUT2D eigenvalue weighted by molar-refractivity contribution is 7.89. The summed E-state index contributed by atoms with van der Waals surface area (Å²) < 4.78 is 27.8. The van der Waals surface area contributed by atoms with Crippen molar-refractivity contribution in [2.24, 2.45) is 0 Å². The lowest BCUT2D eigenvalue weighted by molar-refractivity contribution is -0.0258. The summed E-state index contributed by atoms with van der Waals surface area (Å²) in [5, 5.41) is 3.82. The van der Waals surface area contributed by atoms with Crippen molar-refractivity contribution in [1.82, 2.24) is 9.04 Å². The van der Waals surface area contributed by atoms with Crippen LogP contribution in [0.4, 0.5) is 5.69 Å². The van der Waals surface area contributed by atoms with Gasteiger partial charge in [0.2, 0.25) is 0 Å². The average Bonchev–Trinajstić information content (AvgIpc) is 3.09. The van der Waals surface area contributed by atoms with E-state index in [-0.39, 0.29) is 15.5 Å². The summed E-state index contributed by atoms with van der Waals surface area (Å²) in [4.78, 5) is 17.2. The molecule has 0 radical (unpaired) electrons. The van der Waals surface area contributed by atoms with Gasteiger partial charge in [-0.3, -0.25) is 9.63 Å². The van der Waals surface area contributed by atoms with Crippen LogP contribution < -0.4 is 5.32 Å². The number of hydrogen-bond acceptors (Lipinski definition) is 4. The zero-order valence-electron chi connectivity index (χ0n) is 16.3. The third-order valence-corrected chi connectivity index (χ3v) is 6.72. The van der Waals surface area contributed by atoms with Crippen LogP contribution in [-0.2, 0) is 21.4 Å². The molecular formula is C20H22ClN3O4S. The van der Waals surface area contributed by atoms with Crippen molar-refractivity contribution in [3.8, 4) is 0 Å². The predicted octanol–water partition coefficient (Wildman–Crippen LogP) is 4.14. The monoisotopic (exact) mass is 435 g/mol. The van der Waals surface area contributed by atoms with Crippen molar-refractivity contribution in [2.75, 3.05) is 19.5 Å². The third kappa shape index (κ3) is 4.30. The molecule has 0 aliphatic rings. The molecule has 0 aliphatic heterocycles. The van der Waals surface area contributed by atoms with Gasteiger partial charge in [-0.1, -0.05) is 23.0 Å². The van der Waals surface area contributed by atoms with E-state index in [1.807, 2.05) is 30.5 Å². The number of amides is 1. The standard InChI is InChI=1S/C20H22ClN3O4S/c1-4-10-24-11-9-14-12-16(6-8-18(14)24)22-20(25)15-5-7-17(21)19(13-15)29(26,27)23(2)28-3/h5-9,11-13H,4,10H2,1-3H3,(H,22,25). The lowest BCUT2D eigenvalue weighted by Gasteiger charge is -2.16. The molecule has 0 atom stereocenters. The molecule has 2 aromatic carbocycles. The quantitative estimate of drug-likeness (QED) is 0.565. The van der Waals surface area contributed by atoms with Crippen molar-refractivity contribution in [1.29, 1.82) is 0 Å². The van der Waals surface area contributed by atoms with Gasteiger partial charge in [0, 0.05) is 41.9 Å². The van der Waals surface area contributed by atoms with Crippen molar-refractivity contribution in [2.45, 2.75) is 24.8 Å². The van der Waals surface area contributed by atoms with Crippen molar-refractivity contribution >= 4 is 44.1 Å². The first-order valence-electron chi connectivity index (χ1n) is 9.00. The topological polar surface area (TPSA) is 80.6 Å². The van der Waals surface area contributed by atoms with E-state index in [9.17, 15) is 13.2 Å². The van der Waals surface area contributed by atoms with E-state index in [1.54, 1.807) is 0 Å². The molecule has 1 N–H and O–H groups in total. The number of nitrogens with one attached hydrogen (secondary N) is 1. The maximum Gasteiger partial charge on any atom is 0.266 e. The summed E-state index contributed by atoms with van der Waals surface area (Å²) in [6.07, 6.45) is 3.05. The molecular weight excluding hydrogens is 414 g/mol. The Balaban J connectivity index is 1.88. The first-order valence-corrected chi connectivity index (χ1v) is 10.8. The molecule has 3 rings (SSSR count). The lowest BCUT2D eigenvalue weighted by Crippen LogP contribution is -2.26. The summed E-state index contributed by atoms with van der Waals surface area (Å²) in [6.45, 7) is 3.04. The summed E-state index contributed by atoms with van der Waals surface area (Å²) in [7, 11) is -1.51. The zero-order chi connectivity index (χ0) is 21.2. The van der Waals surface area contributed by atoms with E-state index in [4.69, 9.17) is 16.4 Å². The molecule has 1 aromatic heterocycles. The number of nitrogens with zero attached hydrogens (tertiary/aromatic N) is 2. The molecule has 0 unspecified atom stereocenters. The van der Waals surface area contributed by atoms with Gasteiger partial charge >= 0.3 is 0 Å². The number of hydroxylamine groups is 1. The van der Waals surface area contributed by atoms with E-state index >= 15 is 0 Å². The number of hydrogen-bond donors (Lipinski definition) is 1. The summed E-state index contributed by atoms with van der Waals surface area (Å²) >= 11 is 6.04. The Morgan fingerprint density at radius 2 is 1.97 bits per heavy atom. The second-order valence-corrected chi connectivity index (χ2v) is 8.79. The normalized spacial score (nSPS) is 11.9. The van der Waals surface area contributed by atoms with Crippen molar-refractivity contribution in [3.05, 3.63) is 59.2 Å². The average molecular weight is 436 g/mol. The van der Waals surface area contributed by atoms with Crippen LogP contribution in [0, 0.1) is 0 Å². The maximum absolute atomic E-state index is 12.7. The Morgan fingerprint density at radius 3 is 2.66 bits per heavy atom. The third-order valence-electron chi connectivity index (χ3n) is 4.56. The lowest BCUT2D eigenvalue weighted by atomic mass is 10.2. The number of halogens is 1. The first-order chi connectivity index (χ1) is 13.8. The molecule has 7 nitrogen and oxygen atoms in total. The second kappa shape index (κ2) is 8.54. The largest absolute Gasteiger partial charge is 0.347 e. The van der Waals surface area contributed by atoms with Crippen LogP contribution in [0.2, 0.25) is 5.02 Å². The Hall–Kier alpha value is -2.39. The van der Waals surface area contributed by atoms with Gasteiger partial charge in [-0.25, -0.2) is 8.42 Å². The summed E-state index contributed by atoms with van der Waals surface area (Å²) in [5.41, 5.74) is 1.87. The SMILES string of the molecule is CCCn1ccc2cc(NC(=O)c3ccc(Cl)c(S(=O)(=O)N(C)OC)c3)ccc21. The number of aromatic nitrogens is 1. The molecule has 0 saturated heterocycles. The number of anilines is 1. The van der Waals surface area contributed by atoms with E-state index in [0.717, 1.165) is 23.9 Å². The fourth-order valence-electron chi connectivity index (χ4n) is 3.00. The van der Waals surface area contributed by atoms with E-state index in [2.05, 4.69) is 16.8 Å². The van der Waals surface area contributed by atoms with Crippen LogP contribution in [0.1, 0.15) is 23.7 Å². The number of aryl methyl sites for hydroxylation is 1. The van der Waals surface area contributed by atoms with Crippen LogP contribution in [-0.4, -0.2) is 37.5 Å². The fraction of sp³-hybridized carbons (Fsp3) is 0.250. The summed E-state index contributed by atoms with van der Waals surface area (Å²) in [5.74, 6) is -0.439. The number of carbonyl (C=O) groups excluding carboxylic acids is 1. The Morgan fingerprint density at radius 1 is 1.21 bits per heavy atom. The van der Waals surface area contributed by atoms with Crippen LogP contribution in [0.15, 0.2) is 53.6 Å². The van der Waals surface area contributed by atoms with Crippen LogP contribution in [0.25, 0.3) is 10.9 Å². The molecule has 0 saturated carbocycles. The molecule has 0 aliphatic carbocycles. The Kier molecular flexibility index (Phi) is 6.28. The van der Waals surface area contributed by atoms with Gasteiger partial charge in [0.15, 0.2) is 0 Å². The number of carbonyl (C=O) groups is 1. The van der Waals surface area contributed by atoms with Gasteiger partial charge in [0.25, 0.3) is 15.9 Å². The zero-order valence-corrected chi connectivity index (χ0v) is 17.9. The minimum atomic E-state index is -3.98. The van der Waals surface area contributed by atoms with Gasteiger partial charge in [0.05, 0.1) is 12.1 Å². The fourth-order valence-corrected chi connectivity index (χ4v) is 4.47. The smallest absolute Gasteiger partial charge is 0.266 e. The minimum absolute atomic E-state index is 0.00383. The predicted molar refractivity (Wildman–Crippen MR) is 114 cm³/mol. The summed E-state index contributed by atoms with van der Waals surface area (Å²) in [6, 6.07) is 11.7. The van der Waals surface area contributed by atoms with Gasteiger partial charge in [-0.05, 0) is 48.9 Å². The highest BCUT2D eigenvalue weighted by Gasteiger charge is 2.25. The molecule has 1 heterocycles. The highest BCUT2D eigenvalue weighted by Crippen LogP contribution is 2.26. The highest BCUT2D eigenvalue weighted by atomic mass is 35.5. The molecule has 29 heavy (non-hydrogen) atoms. The molecule has 0 fully saturated rings. The van der Waals surface area contributed by atoms with Crippen LogP contribution in [0.3, 0.4) is 0 Å². The van der Waals surface area contributed by atoms with Crippen molar-refractivity contribution < 1.29 is 18.0 Å². The van der Waals surface area contributed by atoms with E-state index in [1.165, 1.54) is 32.4 Å². The molecule has 9 heteroatoms. The molecule has 1 amide bonds. The first kappa shape index (κ1) is 21.3. The van der Waals surface area contributed by atoms with Crippen LogP contribution >= 0.6 is 11.6 Å². The second-order valence-electron chi connectivity index (χ2n) is 6.48. The minimum Gasteiger partial charge on any atom is -0.347 e. The van der Waals surface area contributed by atoms with E-state index in [0.29, 0.717) is 10.2 Å². The van der Waals surface area contributed by atoms with Gasteiger partial charge in [-0.2, -0.15) is 0 Å². The number of benzene rings is 2. The van der Waals surface area contributed by atoms with Gasteiger partial charge in [0.1, 0.15) is 4.90 Å². The van der Waals surface area contributed by atoms with Crippen molar-refractivity contribution in [3.63, 3.8) is 0 Å². The van der Waals surface area contributed by atoms with E-state index < -0.39 is 15.9 Å². The van der Waals surface area contributed by atoms with Crippen LogP contribution in [0.5, 0.6) is 0 Å². The molecule has 0 spiro atoms. The maximum atomic E-state index is 12.7. The Labute approximate surface area is 174 Å². The van der Waals surface area contributed by atoms with Gasteiger partial charge in [-0.15, -0.1) is 0 Å². The number of fused-ring (bicyclic) bond motifs is 1. The molecule has 0 bridgehead atoms. The number of rotatable bonds is 7. The molecule has 3 aromatic rings. The van der Waals surface area contributed by atoms with Gasteiger partial charge < -0.3 is 9.88 Å². The number of sulfonamides is 1. The molecule has 154 valence electrons. The Bertz CT molecular complexity index is 1160.